The predicted molar refractivity (Wildman–Crippen MR) is 69.5 cm³/mol. The van der Waals surface area contributed by atoms with E-state index in [1.54, 1.807) is 13.2 Å². The van der Waals surface area contributed by atoms with Crippen molar-refractivity contribution in [3.8, 4) is 0 Å². The molecule has 0 spiro atoms. The monoisotopic (exact) mass is 275 g/mol. The topological polar surface area (TPSA) is 85.1 Å². The van der Waals surface area contributed by atoms with Crippen LogP contribution >= 0.6 is 11.6 Å². The molecule has 0 aromatic carbocycles. The fourth-order valence-electron chi connectivity index (χ4n) is 1.27. The second-order valence-electron chi connectivity index (χ2n) is 3.71. The van der Waals surface area contributed by atoms with E-state index >= 15 is 0 Å². The summed E-state index contributed by atoms with van der Waals surface area (Å²) in [4.78, 5) is 15.5. The van der Waals surface area contributed by atoms with Crippen molar-refractivity contribution in [1.82, 2.24) is 10.3 Å². The number of halogens is 1. The van der Waals surface area contributed by atoms with E-state index in [2.05, 4.69) is 10.3 Å². The van der Waals surface area contributed by atoms with Gasteiger partial charge in [0.15, 0.2) is 0 Å². The molecule has 0 saturated heterocycles. The number of amides is 1. The van der Waals surface area contributed by atoms with Gasteiger partial charge in [-0.2, -0.15) is 0 Å². The highest BCUT2D eigenvalue weighted by Crippen LogP contribution is 2.16. The van der Waals surface area contributed by atoms with Crippen molar-refractivity contribution in [3.63, 3.8) is 0 Å². The van der Waals surface area contributed by atoms with E-state index in [1.165, 1.54) is 12.3 Å². The molecule has 1 aromatic heterocycles. The van der Waals surface area contributed by atoms with E-state index in [1.807, 2.05) is 0 Å². The van der Waals surface area contributed by atoms with Crippen molar-refractivity contribution in [2.75, 3.05) is 17.7 Å². The second kappa shape index (κ2) is 5.97. The van der Waals surface area contributed by atoms with Crippen molar-refractivity contribution in [2.24, 2.45) is 0 Å². The Bertz CT molecular complexity index is 453. The van der Waals surface area contributed by atoms with Crippen LogP contribution in [0.25, 0.3) is 0 Å². The molecule has 17 heavy (non-hydrogen) atoms. The first-order chi connectivity index (χ1) is 7.90. The Morgan fingerprint density at radius 1 is 1.71 bits per heavy atom. The minimum atomic E-state index is -0.953. The molecule has 5 nitrogen and oxygen atoms in total. The minimum Gasteiger partial charge on any atom is -0.382 e. The van der Waals surface area contributed by atoms with Gasteiger partial charge < -0.3 is 11.1 Å². The van der Waals surface area contributed by atoms with E-state index in [-0.39, 0.29) is 22.8 Å². The van der Waals surface area contributed by atoms with Gasteiger partial charge in [-0.1, -0.05) is 11.6 Å². The average molecular weight is 276 g/mol. The molecule has 0 saturated carbocycles. The van der Waals surface area contributed by atoms with Gasteiger partial charge in [0.05, 0.1) is 10.6 Å². The van der Waals surface area contributed by atoms with E-state index < -0.39 is 10.8 Å². The van der Waals surface area contributed by atoms with Crippen molar-refractivity contribution in [2.45, 2.75) is 13.0 Å². The maximum absolute atomic E-state index is 11.8. The molecule has 1 amide bonds. The first kappa shape index (κ1) is 13.9. The molecule has 2 atom stereocenters. The summed E-state index contributed by atoms with van der Waals surface area (Å²) in [6.45, 7) is 1.78. The molecule has 0 bridgehead atoms. The number of carbonyl (C=O) groups is 1. The maximum Gasteiger partial charge on any atom is 0.253 e. The number of aromatic nitrogens is 1. The molecule has 3 N–H and O–H groups in total. The van der Waals surface area contributed by atoms with Crippen LogP contribution < -0.4 is 11.1 Å². The van der Waals surface area contributed by atoms with E-state index in [9.17, 15) is 9.00 Å². The van der Waals surface area contributed by atoms with E-state index in [0.29, 0.717) is 11.3 Å². The van der Waals surface area contributed by atoms with Crippen LogP contribution in [0.1, 0.15) is 17.3 Å². The van der Waals surface area contributed by atoms with Crippen molar-refractivity contribution >= 4 is 34.1 Å². The molecule has 0 aliphatic heterocycles. The van der Waals surface area contributed by atoms with Crippen LogP contribution in [0.2, 0.25) is 5.02 Å². The third-order valence-corrected chi connectivity index (χ3v) is 3.27. The summed E-state index contributed by atoms with van der Waals surface area (Å²) in [6, 6.07) is 1.28. The predicted octanol–water partition coefficient (Wildman–Crippen LogP) is 0.814. The molecule has 0 radical (unpaired) electrons. The fraction of sp³-hybridized carbons (Fsp3) is 0.400. The average Bonchev–Trinajstić information content (AvgIpc) is 2.20. The van der Waals surface area contributed by atoms with Gasteiger partial charge in [-0.3, -0.25) is 9.00 Å². The second-order valence-corrected chi connectivity index (χ2v) is 5.59. The van der Waals surface area contributed by atoms with Gasteiger partial charge in [0, 0.05) is 35.0 Å². The molecule has 1 aromatic rings. The fourth-order valence-corrected chi connectivity index (χ4v) is 2.23. The van der Waals surface area contributed by atoms with Crippen molar-refractivity contribution < 1.29 is 9.00 Å². The van der Waals surface area contributed by atoms with E-state index in [0.717, 1.165) is 0 Å². The molecule has 7 heteroatoms. The number of anilines is 1. The van der Waals surface area contributed by atoms with Crippen LogP contribution in [0.3, 0.4) is 0 Å². The quantitative estimate of drug-likeness (QED) is 0.852. The molecule has 1 heterocycles. The van der Waals surface area contributed by atoms with Crippen molar-refractivity contribution in [1.29, 1.82) is 0 Å². The van der Waals surface area contributed by atoms with Gasteiger partial charge in [-0.25, -0.2) is 4.98 Å². The lowest BCUT2D eigenvalue weighted by Crippen LogP contribution is -2.36. The summed E-state index contributed by atoms with van der Waals surface area (Å²) < 4.78 is 11.0. The molecule has 94 valence electrons. The summed E-state index contributed by atoms with van der Waals surface area (Å²) in [5.74, 6) is 0.283. The molecular weight excluding hydrogens is 262 g/mol. The lowest BCUT2D eigenvalue weighted by Gasteiger charge is -2.12. The van der Waals surface area contributed by atoms with Crippen LogP contribution in [0, 0.1) is 0 Å². The number of pyridine rings is 1. The van der Waals surface area contributed by atoms with Gasteiger partial charge in [0.25, 0.3) is 5.91 Å². The molecule has 2 unspecified atom stereocenters. The Morgan fingerprint density at radius 3 is 2.88 bits per heavy atom. The summed E-state index contributed by atoms with van der Waals surface area (Å²) in [7, 11) is -0.953. The lowest BCUT2D eigenvalue weighted by atomic mass is 10.2. The van der Waals surface area contributed by atoms with Crippen LogP contribution in [0.15, 0.2) is 12.3 Å². The Balaban J connectivity index is 2.70. The van der Waals surface area contributed by atoms with Crippen molar-refractivity contribution in [3.05, 3.63) is 22.8 Å². The number of nitrogen functional groups attached to an aromatic ring is 1. The summed E-state index contributed by atoms with van der Waals surface area (Å²) in [5, 5.41) is 2.94. The summed E-state index contributed by atoms with van der Waals surface area (Å²) >= 11 is 5.76. The third kappa shape index (κ3) is 4.32. The number of nitrogens with two attached hydrogens (primary N) is 1. The molecule has 0 fully saturated rings. The van der Waals surface area contributed by atoms with Gasteiger partial charge in [-0.15, -0.1) is 0 Å². The molecular formula is C10H14ClN3O2S. The Labute approximate surface area is 107 Å². The van der Waals surface area contributed by atoms with Crippen LogP contribution in [0.4, 0.5) is 5.82 Å². The zero-order chi connectivity index (χ0) is 13.0. The minimum absolute atomic E-state index is 0.176. The van der Waals surface area contributed by atoms with E-state index in [4.69, 9.17) is 17.3 Å². The first-order valence-corrected chi connectivity index (χ1v) is 7.02. The number of rotatable bonds is 4. The van der Waals surface area contributed by atoms with Gasteiger partial charge in [-0.05, 0) is 13.0 Å². The Morgan fingerprint density at radius 2 is 2.35 bits per heavy atom. The number of carbonyl (C=O) groups excluding carboxylic acids is 1. The third-order valence-electron chi connectivity index (χ3n) is 1.99. The smallest absolute Gasteiger partial charge is 0.253 e. The van der Waals surface area contributed by atoms with Crippen LogP contribution in [0.5, 0.6) is 0 Å². The standard InChI is InChI=1S/C10H14ClN3O2S/c1-6(5-17(2)16)14-10(15)7-3-8(11)9(12)13-4-7/h3-4,6H,5H2,1-2H3,(H2,12,13)(H,14,15). The molecule has 0 aliphatic carbocycles. The largest absolute Gasteiger partial charge is 0.382 e. The lowest BCUT2D eigenvalue weighted by molar-refractivity contribution is 0.0943. The molecule has 0 aliphatic rings. The summed E-state index contributed by atoms with van der Waals surface area (Å²) in [5.41, 5.74) is 5.77. The SMILES string of the molecule is CC(CS(C)=O)NC(=O)c1cnc(N)c(Cl)c1. The van der Waals surface area contributed by atoms with Crippen LogP contribution in [-0.2, 0) is 10.8 Å². The number of hydrogen-bond acceptors (Lipinski definition) is 4. The first-order valence-electron chi connectivity index (χ1n) is 4.92. The zero-order valence-electron chi connectivity index (χ0n) is 9.57. The molecule has 1 rings (SSSR count). The maximum atomic E-state index is 11.8. The van der Waals surface area contributed by atoms with Gasteiger partial charge >= 0.3 is 0 Å². The normalized spacial score (nSPS) is 14.1. The zero-order valence-corrected chi connectivity index (χ0v) is 11.1. The highest BCUT2D eigenvalue weighted by molar-refractivity contribution is 7.84. The highest BCUT2D eigenvalue weighted by Gasteiger charge is 2.12. The highest BCUT2D eigenvalue weighted by atomic mass is 35.5. The Kier molecular flexibility index (Phi) is 4.89. The van der Waals surface area contributed by atoms with Gasteiger partial charge in [0.1, 0.15) is 5.82 Å². The number of nitrogens with one attached hydrogen (secondary N) is 1. The number of nitrogens with zero attached hydrogens (tertiary/aromatic N) is 1. The van der Waals surface area contributed by atoms with Gasteiger partial charge in [0.2, 0.25) is 0 Å². The van der Waals surface area contributed by atoms with Crippen LogP contribution in [-0.4, -0.2) is 33.2 Å². The Hall–Kier alpha value is -1.14. The summed E-state index contributed by atoms with van der Waals surface area (Å²) in [6.07, 6.45) is 2.94. The number of hydrogen-bond donors (Lipinski definition) is 2.